The van der Waals surface area contributed by atoms with Crippen LogP contribution < -0.4 is 10.1 Å². The molecule has 0 aliphatic carbocycles. The lowest BCUT2D eigenvalue weighted by Gasteiger charge is -2.09. The van der Waals surface area contributed by atoms with Gasteiger partial charge in [-0.25, -0.2) is 4.79 Å². The van der Waals surface area contributed by atoms with E-state index in [2.05, 4.69) is 5.32 Å². The number of aromatic nitrogens is 2. The fraction of sp³-hybridized carbons (Fsp3) is 0.148. The Kier molecular flexibility index (Phi) is 7.35. The van der Waals surface area contributed by atoms with Gasteiger partial charge in [-0.2, -0.15) is 5.10 Å². The lowest BCUT2D eigenvalue weighted by molar-refractivity contribution is -0.145. The van der Waals surface area contributed by atoms with Crippen molar-refractivity contribution in [1.82, 2.24) is 9.78 Å². The van der Waals surface area contributed by atoms with Crippen molar-refractivity contribution in [3.8, 4) is 17.0 Å². The molecule has 0 fully saturated rings. The highest BCUT2D eigenvalue weighted by Crippen LogP contribution is 2.24. The number of amides is 1. The van der Waals surface area contributed by atoms with E-state index < -0.39 is 5.97 Å². The van der Waals surface area contributed by atoms with Crippen molar-refractivity contribution in [2.45, 2.75) is 13.5 Å². The first-order valence-electron chi connectivity index (χ1n) is 11.0. The quantitative estimate of drug-likeness (QED) is 0.367. The molecule has 4 rings (SSSR count). The maximum atomic E-state index is 13.3. The van der Waals surface area contributed by atoms with Crippen LogP contribution in [-0.4, -0.2) is 34.9 Å². The van der Waals surface area contributed by atoms with Gasteiger partial charge >= 0.3 is 5.97 Å². The van der Waals surface area contributed by atoms with Crippen molar-refractivity contribution in [2.75, 3.05) is 18.5 Å². The molecule has 4 aromatic rings. The zero-order valence-corrected chi connectivity index (χ0v) is 18.8. The molecular formula is C27H25N3O4. The predicted octanol–water partition coefficient (Wildman–Crippen LogP) is 4.79. The zero-order chi connectivity index (χ0) is 23.8. The fourth-order valence-electron chi connectivity index (χ4n) is 3.46. The van der Waals surface area contributed by atoms with Crippen molar-refractivity contribution < 1.29 is 19.1 Å². The van der Waals surface area contributed by atoms with Gasteiger partial charge in [0.05, 0.1) is 18.7 Å². The first-order chi connectivity index (χ1) is 16.6. The van der Waals surface area contributed by atoms with Crippen LogP contribution in [0.1, 0.15) is 22.8 Å². The summed E-state index contributed by atoms with van der Waals surface area (Å²) in [4.78, 5) is 24.8. The van der Waals surface area contributed by atoms with Gasteiger partial charge in [0.15, 0.2) is 6.61 Å². The van der Waals surface area contributed by atoms with Gasteiger partial charge in [-0.3, -0.25) is 9.48 Å². The summed E-state index contributed by atoms with van der Waals surface area (Å²) in [6.07, 6.45) is 1.76. The number of esters is 1. The molecule has 0 saturated carbocycles. The van der Waals surface area contributed by atoms with Crippen LogP contribution in [0.3, 0.4) is 0 Å². The largest absolute Gasteiger partial charge is 0.482 e. The Morgan fingerprint density at radius 1 is 0.941 bits per heavy atom. The van der Waals surface area contributed by atoms with Crippen LogP contribution in [0.25, 0.3) is 11.3 Å². The molecule has 7 heteroatoms. The van der Waals surface area contributed by atoms with Crippen LogP contribution in [0.15, 0.2) is 91.1 Å². The Morgan fingerprint density at radius 2 is 1.68 bits per heavy atom. The summed E-state index contributed by atoms with van der Waals surface area (Å²) >= 11 is 0. The average Bonchev–Trinajstić information content (AvgIpc) is 3.28. The number of benzene rings is 3. The van der Waals surface area contributed by atoms with Gasteiger partial charge in [0.1, 0.15) is 11.4 Å². The molecule has 0 aliphatic rings. The molecule has 172 valence electrons. The van der Waals surface area contributed by atoms with Gasteiger partial charge in [-0.1, -0.05) is 66.7 Å². The van der Waals surface area contributed by atoms with E-state index in [0.717, 1.165) is 11.1 Å². The van der Waals surface area contributed by atoms with Crippen molar-refractivity contribution >= 4 is 17.6 Å². The monoisotopic (exact) mass is 455 g/mol. The topological polar surface area (TPSA) is 82.5 Å². The second kappa shape index (κ2) is 11.0. The summed E-state index contributed by atoms with van der Waals surface area (Å²) in [6, 6.07) is 26.4. The first kappa shape index (κ1) is 22.8. The van der Waals surface area contributed by atoms with E-state index in [-0.39, 0.29) is 12.5 Å². The number of hydrogen-bond donors (Lipinski definition) is 1. The Bertz CT molecular complexity index is 1250. The van der Waals surface area contributed by atoms with Crippen molar-refractivity contribution in [3.05, 3.63) is 102 Å². The van der Waals surface area contributed by atoms with Gasteiger partial charge in [-0.15, -0.1) is 0 Å². The molecular weight excluding hydrogens is 430 g/mol. The van der Waals surface area contributed by atoms with E-state index >= 15 is 0 Å². The number of rotatable bonds is 9. The highest BCUT2D eigenvalue weighted by molar-refractivity contribution is 6.08. The summed E-state index contributed by atoms with van der Waals surface area (Å²) in [6.45, 7) is 2.38. The number of ether oxygens (including phenoxy) is 2. The molecule has 0 unspecified atom stereocenters. The smallest absolute Gasteiger partial charge is 0.344 e. The maximum absolute atomic E-state index is 13.3. The Morgan fingerprint density at radius 3 is 2.41 bits per heavy atom. The summed E-state index contributed by atoms with van der Waals surface area (Å²) < 4.78 is 12.1. The lowest BCUT2D eigenvalue weighted by atomic mass is 10.1. The van der Waals surface area contributed by atoms with Crippen LogP contribution in [0.2, 0.25) is 0 Å². The third-order valence-electron chi connectivity index (χ3n) is 4.99. The van der Waals surface area contributed by atoms with Crippen LogP contribution in [0.4, 0.5) is 5.69 Å². The molecule has 34 heavy (non-hydrogen) atoms. The highest BCUT2D eigenvalue weighted by Gasteiger charge is 2.18. The number of nitrogens with one attached hydrogen (secondary N) is 1. The molecule has 0 radical (unpaired) electrons. The molecule has 7 nitrogen and oxygen atoms in total. The molecule has 1 heterocycles. The Balaban J connectivity index is 1.55. The van der Waals surface area contributed by atoms with E-state index in [1.165, 1.54) is 0 Å². The number of carbonyl (C=O) groups excluding carboxylic acids is 2. The molecule has 3 aromatic carbocycles. The van der Waals surface area contributed by atoms with Crippen molar-refractivity contribution in [2.24, 2.45) is 0 Å². The molecule has 0 aliphatic heterocycles. The van der Waals surface area contributed by atoms with Gasteiger partial charge in [0.25, 0.3) is 5.91 Å². The fourth-order valence-corrected chi connectivity index (χ4v) is 3.46. The van der Waals surface area contributed by atoms with E-state index in [9.17, 15) is 9.59 Å². The number of carbonyl (C=O) groups is 2. The van der Waals surface area contributed by atoms with Gasteiger partial charge < -0.3 is 14.8 Å². The first-order valence-corrected chi connectivity index (χ1v) is 11.0. The van der Waals surface area contributed by atoms with E-state index in [0.29, 0.717) is 35.8 Å². The Hall–Kier alpha value is -4.39. The van der Waals surface area contributed by atoms with E-state index in [4.69, 9.17) is 14.6 Å². The second-order valence-corrected chi connectivity index (χ2v) is 7.52. The Labute approximate surface area is 197 Å². The summed E-state index contributed by atoms with van der Waals surface area (Å²) in [7, 11) is 0. The number of anilines is 1. The van der Waals surface area contributed by atoms with Gasteiger partial charge in [0.2, 0.25) is 0 Å². The highest BCUT2D eigenvalue weighted by atomic mass is 16.6. The van der Waals surface area contributed by atoms with Crippen LogP contribution in [0.5, 0.6) is 5.75 Å². The number of hydrogen-bond acceptors (Lipinski definition) is 5. The molecule has 1 aromatic heterocycles. The minimum atomic E-state index is -0.449. The van der Waals surface area contributed by atoms with Crippen LogP contribution in [0, 0.1) is 0 Å². The van der Waals surface area contributed by atoms with Gasteiger partial charge in [0, 0.05) is 23.5 Å². The lowest BCUT2D eigenvalue weighted by Crippen LogP contribution is -2.15. The molecule has 1 N–H and O–H groups in total. The third kappa shape index (κ3) is 5.89. The van der Waals surface area contributed by atoms with Crippen molar-refractivity contribution in [3.63, 3.8) is 0 Å². The van der Waals surface area contributed by atoms with Crippen LogP contribution >= 0.6 is 0 Å². The van der Waals surface area contributed by atoms with Crippen LogP contribution in [-0.2, 0) is 16.1 Å². The summed E-state index contributed by atoms with van der Waals surface area (Å²) in [5, 5.41) is 7.61. The van der Waals surface area contributed by atoms with E-state index in [1.807, 2.05) is 60.7 Å². The summed E-state index contributed by atoms with van der Waals surface area (Å²) in [5.41, 5.74) is 3.54. The standard InChI is InChI=1S/C27H25N3O4/c1-2-33-25(31)19-34-23-15-9-14-22(16-23)28-27(32)24-18-30(17-20-10-5-3-6-11-20)29-26(24)21-12-7-4-8-13-21/h3-16,18H,2,17,19H2,1H3,(H,28,32). The molecule has 0 saturated heterocycles. The minimum Gasteiger partial charge on any atom is -0.482 e. The number of nitrogens with zero attached hydrogens (tertiary/aromatic N) is 2. The van der Waals surface area contributed by atoms with Gasteiger partial charge in [-0.05, 0) is 24.6 Å². The molecule has 1 amide bonds. The second-order valence-electron chi connectivity index (χ2n) is 7.52. The predicted molar refractivity (Wildman–Crippen MR) is 130 cm³/mol. The SMILES string of the molecule is CCOC(=O)COc1cccc(NC(=O)c2cn(Cc3ccccc3)nc2-c2ccccc2)c1. The zero-order valence-electron chi connectivity index (χ0n) is 18.8. The minimum absolute atomic E-state index is 0.199. The van der Waals surface area contributed by atoms with E-state index in [1.54, 1.807) is 42.1 Å². The molecule has 0 atom stereocenters. The average molecular weight is 456 g/mol. The molecule has 0 spiro atoms. The third-order valence-corrected chi connectivity index (χ3v) is 4.99. The maximum Gasteiger partial charge on any atom is 0.344 e. The van der Waals surface area contributed by atoms with Crippen molar-refractivity contribution in [1.29, 1.82) is 0 Å². The summed E-state index contributed by atoms with van der Waals surface area (Å²) in [5.74, 6) is -0.287. The molecule has 0 bridgehead atoms. The normalized spacial score (nSPS) is 10.5.